The van der Waals surface area contributed by atoms with Crippen molar-refractivity contribution in [2.45, 2.75) is 25.8 Å². The minimum absolute atomic E-state index is 0.219. The van der Waals surface area contributed by atoms with Gasteiger partial charge in [-0.05, 0) is 50.6 Å². The molecule has 20 heavy (non-hydrogen) atoms. The van der Waals surface area contributed by atoms with Gasteiger partial charge in [0, 0.05) is 18.8 Å². The van der Waals surface area contributed by atoms with Crippen LogP contribution < -0.4 is 11.1 Å². The number of ether oxygens (including phenoxy) is 2. The van der Waals surface area contributed by atoms with E-state index in [1.54, 1.807) is 26.2 Å². The van der Waals surface area contributed by atoms with Crippen LogP contribution in [0.1, 0.15) is 30.1 Å². The van der Waals surface area contributed by atoms with E-state index in [2.05, 4.69) is 5.32 Å². The second kappa shape index (κ2) is 9.34. The Morgan fingerprint density at radius 1 is 1.35 bits per heavy atom. The van der Waals surface area contributed by atoms with Crippen molar-refractivity contribution in [1.29, 1.82) is 0 Å². The van der Waals surface area contributed by atoms with E-state index in [4.69, 9.17) is 15.2 Å². The topological polar surface area (TPSA) is 73.6 Å². The van der Waals surface area contributed by atoms with Crippen molar-refractivity contribution in [2.75, 3.05) is 32.2 Å². The lowest BCUT2D eigenvalue weighted by Gasteiger charge is -2.19. The Morgan fingerprint density at radius 2 is 2.05 bits per heavy atom. The lowest BCUT2D eigenvalue weighted by atomic mass is 10.1. The van der Waals surface area contributed by atoms with Crippen LogP contribution in [0.4, 0.5) is 5.69 Å². The van der Waals surface area contributed by atoms with E-state index in [9.17, 15) is 4.79 Å². The summed E-state index contributed by atoms with van der Waals surface area (Å²) in [4.78, 5) is 11.5. The van der Waals surface area contributed by atoms with E-state index in [0.717, 1.165) is 18.5 Å². The summed E-state index contributed by atoms with van der Waals surface area (Å²) in [5, 5.41) is 3.38. The number of hydrogen-bond acceptors (Lipinski definition) is 5. The van der Waals surface area contributed by atoms with E-state index in [0.29, 0.717) is 25.3 Å². The zero-order valence-electron chi connectivity index (χ0n) is 12.2. The van der Waals surface area contributed by atoms with Crippen LogP contribution in [-0.4, -0.2) is 38.9 Å². The molecule has 0 bridgehead atoms. The largest absolute Gasteiger partial charge is 0.462 e. The number of esters is 1. The van der Waals surface area contributed by atoms with Crippen LogP contribution in [0.15, 0.2) is 24.3 Å². The first-order chi connectivity index (χ1) is 9.71. The SMILES string of the molecule is CCOC(=O)c1ccc(NC(CCCN)COC)cc1. The lowest BCUT2D eigenvalue weighted by Crippen LogP contribution is -2.25. The van der Waals surface area contributed by atoms with Crippen LogP contribution in [0, 0.1) is 0 Å². The Labute approximate surface area is 120 Å². The van der Waals surface area contributed by atoms with Gasteiger partial charge in [0.05, 0.1) is 18.8 Å². The average molecular weight is 280 g/mol. The van der Waals surface area contributed by atoms with Gasteiger partial charge >= 0.3 is 5.97 Å². The summed E-state index contributed by atoms with van der Waals surface area (Å²) in [5.74, 6) is -0.296. The summed E-state index contributed by atoms with van der Waals surface area (Å²) < 4.78 is 10.1. The first-order valence-corrected chi connectivity index (χ1v) is 6.94. The van der Waals surface area contributed by atoms with E-state index >= 15 is 0 Å². The highest BCUT2D eigenvalue weighted by Gasteiger charge is 2.09. The normalized spacial score (nSPS) is 11.9. The highest BCUT2D eigenvalue weighted by Crippen LogP contribution is 2.13. The summed E-state index contributed by atoms with van der Waals surface area (Å²) in [7, 11) is 1.68. The van der Waals surface area contributed by atoms with Gasteiger partial charge in [0.15, 0.2) is 0 Å². The number of hydrogen-bond donors (Lipinski definition) is 2. The molecule has 0 radical (unpaired) electrons. The van der Waals surface area contributed by atoms with Crippen LogP contribution in [0.3, 0.4) is 0 Å². The molecular formula is C15H24N2O3. The van der Waals surface area contributed by atoms with Gasteiger partial charge in [0.25, 0.3) is 0 Å². The molecule has 0 fully saturated rings. The van der Waals surface area contributed by atoms with Crippen LogP contribution >= 0.6 is 0 Å². The molecule has 0 spiro atoms. The molecule has 5 heteroatoms. The number of carbonyl (C=O) groups is 1. The van der Waals surface area contributed by atoms with Crippen LogP contribution in [0.25, 0.3) is 0 Å². The van der Waals surface area contributed by atoms with Crippen molar-refractivity contribution >= 4 is 11.7 Å². The predicted molar refractivity (Wildman–Crippen MR) is 80.0 cm³/mol. The maximum atomic E-state index is 11.5. The summed E-state index contributed by atoms with van der Waals surface area (Å²) >= 11 is 0. The minimum Gasteiger partial charge on any atom is -0.462 e. The third kappa shape index (κ3) is 5.59. The quantitative estimate of drug-likeness (QED) is 0.677. The molecule has 0 saturated carbocycles. The fourth-order valence-corrected chi connectivity index (χ4v) is 1.92. The Kier molecular flexibility index (Phi) is 7.69. The molecule has 1 rings (SSSR count). The fourth-order valence-electron chi connectivity index (χ4n) is 1.92. The molecule has 5 nitrogen and oxygen atoms in total. The van der Waals surface area contributed by atoms with Gasteiger partial charge in [-0.25, -0.2) is 4.79 Å². The number of carbonyl (C=O) groups excluding carboxylic acids is 1. The maximum Gasteiger partial charge on any atom is 0.338 e. The first-order valence-electron chi connectivity index (χ1n) is 6.94. The number of methoxy groups -OCH3 is 1. The molecule has 1 aromatic carbocycles. The summed E-state index contributed by atoms with van der Waals surface area (Å²) in [6.45, 7) is 3.47. The molecule has 0 amide bonds. The zero-order chi connectivity index (χ0) is 14.8. The monoisotopic (exact) mass is 280 g/mol. The van der Waals surface area contributed by atoms with E-state index < -0.39 is 0 Å². The number of rotatable bonds is 9. The van der Waals surface area contributed by atoms with Gasteiger partial charge in [0.2, 0.25) is 0 Å². The Hall–Kier alpha value is -1.59. The summed E-state index contributed by atoms with van der Waals surface area (Å²) in [6.07, 6.45) is 1.89. The standard InChI is InChI=1S/C15H24N2O3/c1-3-20-15(18)12-6-8-13(9-7-12)17-14(11-19-2)5-4-10-16/h6-9,14,17H,3-5,10-11,16H2,1-2H3. The highest BCUT2D eigenvalue weighted by atomic mass is 16.5. The number of nitrogens with one attached hydrogen (secondary N) is 1. The summed E-state index contributed by atoms with van der Waals surface area (Å²) in [5.41, 5.74) is 7.04. The second-order valence-corrected chi connectivity index (χ2v) is 4.53. The predicted octanol–water partition coefficient (Wildman–Crippen LogP) is 2.03. The molecule has 112 valence electrons. The van der Waals surface area contributed by atoms with Gasteiger partial charge in [0.1, 0.15) is 0 Å². The molecule has 1 unspecified atom stereocenters. The molecule has 1 aromatic rings. The molecule has 0 aliphatic carbocycles. The number of nitrogens with two attached hydrogens (primary N) is 1. The molecule has 0 aliphatic rings. The van der Waals surface area contributed by atoms with Gasteiger partial charge in [-0.15, -0.1) is 0 Å². The van der Waals surface area contributed by atoms with Crippen molar-refractivity contribution in [1.82, 2.24) is 0 Å². The first kappa shape index (κ1) is 16.5. The Bertz CT molecular complexity index is 393. The van der Waals surface area contributed by atoms with Crippen molar-refractivity contribution in [2.24, 2.45) is 5.73 Å². The number of anilines is 1. The lowest BCUT2D eigenvalue weighted by molar-refractivity contribution is 0.0526. The second-order valence-electron chi connectivity index (χ2n) is 4.53. The van der Waals surface area contributed by atoms with Gasteiger partial charge in [-0.2, -0.15) is 0 Å². The molecule has 1 atom stereocenters. The summed E-state index contributed by atoms with van der Waals surface area (Å²) in [6, 6.07) is 7.48. The molecular weight excluding hydrogens is 256 g/mol. The Balaban J connectivity index is 2.59. The van der Waals surface area contributed by atoms with Crippen molar-refractivity contribution in [3.05, 3.63) is 29.8 Å². The molecule has 0 saturated heterocycles. The van der Waals surface area contributed by atoms with Crippen molar-refractivity contribution in [3.63, 3.8) is 0 Å². The average Bonchev–Trinajstić information content (AvgIpc) is 2.46. The third-order valence-electron chi connectivity index (χ3n) is 2.89. The van der Waals surface area contributed by atoms with E-state index in [1.165, 1.54) is 0 Å². The molecule has 0 aliphatic heterocycles. The van der Waals surface area contributed by atoms with Crippen molar-refractivity contribution in [3.8, 4) is 0 Å². The highest BCUT2D eigenvalue weighted by molar-refractivity contribution is 5.89. The van der Waals surface area contributed by atoms with Gasteiger partial charge in [-0.1, -0.05) is 0 Å². The van der Waals surface area contributed by atoms with Crippen LogP contribution in [0.2, 0.25) is 0 Å². The zero-order valence-corrected chi connectivity index (χ0v) is 12.2. The van der Waals surface area contributed by atoms with E-state index in [1.807, 2.05) is 12.1 Å². The Morgan fingerprint density at radius 3 is 2.60 bits per heavy atom. The minimum atomic E-state index is -0.296. The van der Waals surface area contributed by atoms with Gasteiger partial charge < -0.3 is 20.5 Å². The third-order valence-corrected chi connectivity index (χ3v) is 2.89. The molecule has 3 N–H and O–H groups in total. The molecule has 0 aromatic heterocycles. The fraction of sp³-hybridized carbons (Fsp3) is 0.533. The van der Waals surface area contributed by atoms with Gasteiger partial charge in [-0.3, -0.25) is 0 Å². The van der Waals surface area contributed by atoms with Crippen LogP contribution in [-0.2, 0) is 9.47 Å². The van der Waals surface area contributed by atoms with E-state index in [-0.39, 0.29) is 12.0 Å². The smallest absolute Gasteiger partial charge is 0.338 e. The maximum absolute atomic E-state index is 11.5. The van der Waals surface area contributed by atoms with Crippen molar-refractivity contribution < 1.29 is 14.3 Å². The van der Waals surface area contributed by atoms with Crippen LogP contribution in [0.5, 0.6) is 0 Å². The molecule has 0 heterocycles. The number of benzene rings is 1.